The molecule has 1 aliphatic rings. The fraction of sp³-hybridized carbons (Fsp3) is 0.500. The second-order valence-corrected chi connectivity index (χ2v) is 3.16. The largest absolute Gasteiger partial charge is 0.325 e. The topological polar surface area (TPSA) is 101 Å². The van der Waals surface area contributed by atoms with Crippen molar-refractivity contribution in [2.75, 3.05) is 5.75 Å². The Morgan fingerprint density at radius 3 is 2.55 bits per heavy atom. The van der Waals surface area contributed by atoms with Crippen molar-refractivity contribution in [3.05, 3.63) is 0 Å². The average Bonchev–Trinajstić information content (AvgIpc) is 2.09. The van der Waals surface area contributed by atoms with E-state index in [2.05, 4.69) is 5.32 Å². The molecule has 1 heterocycles. The van der Waals surface area contributed by atoms with Crippen LogP contribution in [0.15, 0.2) is 0 Å². The minimum atomic E-state index is -1.57. The molecule has 1 saturated heterocycles. The molecule has 2 atom stereocenters. The minimum absolute atomic E-state index is 0.0441. The van der Waals surface area contributed by atoms with Gasteiger partial charge in [-0.05, 0) is 0 Å². The number of carbonyl (C=O) groups excluding carboxylic acids is 2. The third kappa shape index (κ3) is 1.99. The number of carbonyl (C=O) groups is 2. The lowest BCUT2D eigenvalue weighted by atomic mass is 10.3. The molecule has 0 aromatic rings. The lowest BCUT2D eigenvalue weighted by molar-refractivity contribution is -0.119. The number of imide groups is 1. The van der Waals surface area contributed by atoms with Crippen LogP contribution in [-0.4, -0.2) is 27.9 Å². The van der Waals surface area contributed by atoms with Crippen LogP contribution in [0.1, 0.15) is 0 Å². The van der Waals surface area contributed by atoms with Gasteiger partial charge in [0.15, 0.2) is 0 Å². The number of rotatable bonds is 2. The van der Waals surface area contributed by atoms with Gasteiger partial charge >= 0.3 is 6.03 Å². The highest BCUT2D eigenvalue weighted by molar-refractivity contribution is 7.82. The summed E-state index contributed by atoms with van der Waals surface area (Å²) in [6.07, 6.45) is 0. The number of hydrogen-bond donors (Lipinski definition) is 3. The fourth-order valence-corrected chi connectivity index (χ4v) is 1.30. The molecule has 7 heteroatoms. The van der Waals surface area contributed by atoms with E-state index in [1.165, 1.54) is 0 Å². The first kappa shape index (κ1) is 8.15. The highest BCUT2D eigenvalue weighted by Gasteiger charge is 2.30. The van der Waals surface area contributed by atoms with Gasteiger partial charge in [-0.15, -0.1) is 0 Å². The summed E-state index contributed by atoms with van der Waals surface area (Å²) >= 11 is 0. The average molecular weight is 177 g/mol. The standard InChI is InChI=1S/C4H7N3O3S/c5-11(10)1-2-3(8)7-4(9)6-2/h2H,1,5H2,(H2,6,7,8,9)/t2-,11?/m0/s1. The van der Waals surface area contributed by atoms with Crippen LogP contribution in [0, 0.1) is 0 Å². The van der Waals surface area contributed by atoms with Crippen LogP contribution >= 0.6 is 0 Å². The zero-order chi connectivity index (χ0) is 8.43. The lowest BCUT2D eigenvalue weighted by Crippen LogP contribution is -2.36. The molecule has 0 saturated carbocycles. The maximum atomic E-state index is 10.7. The smallest absolute Gasteiger partial charge is 0.322 e. The molecule has 0 bridgehead atoms. The molecule has 62 valence electrons. The van der Waals surface area contributed by atoms with Gasteiger partial charge in [0.05, 0.1) is 16.7 Å². The van der Waals surface area contributed by atoms with Crippen molar-refractivity contribution in [1.82, 2.24) is 10.6 Å². The van der Waals surface area contributed by atoms with E-state index in [-0.39, 0.29) is 5.75 Å². The Morgan fingerprint density at radius 2 is 2.18 bits per heavy atom. The van der Waals surface area contributed by atoms with Crippen molar-refractivity contribution < 1.29 is 13.8 Å². The molecular formula is C4H7N3O3S. The zero-order valence-corrected chi connectivity index (χ0v) is 6.31. The fourth-order valence-electron chi connectivity index (χ4n) is 0.741. The van der Waals surface area contributed by atoms with Gasteiger partial charge in [0.25, 0.3) is 5.91 Å². The predicted molar refractivity (Wildman–Crippen MR) is 37.7 cm³/mol. The van der Waals surface area contributed by atoms with E-state index in [4.69, 9.17) is 5.14 Å². The summed E-state index contributed by atoms with van der Waals surface area (Å²) in [4.78, 5) is 21.2. The number of nitrogens with two attached hydrogens (primary N) is 1. The summed E-state index contributed by atoms with van der Waals surface area (Å²) in [5.74, 6) is -0.522. The zero-order valence-electron chi connectivity index (χ0n) is 5.49. The Labute approximate surface area is 65.1 Å². The quantitative estimate of drug-likeness (QED) is 0.418. The molecule has 0 aromatic heterocycles. The third-order valence-electron chi connectivity index (χ3n) is 1.19. The summed E-state index contributed by atoms with van der Waals surface area (Å²) < 4.78 is 10.4. The van der Waals surface area contributed by atoms with Gasteiger partial charge in [-0.1, -0.05) is 0 Å². The Balaban J connectivity index is 2.53. The van der Waals surface area contributed by atoms with Crippen LogP contribution in [0.5, 0.6) is 0 Å². The van der Waals surface area contributed by atoms with E-state index in [1.807, 2.05) is 5.32 Å². The van der Waals surface area contributed by atoms with Crippen LogP contribution < -0.4 is 15.8 Å². The normalized spacial score (nSPS) is 26.1. The van der Waals surface area contributed by atoms with E-state index >= 15 is 0 Å². The highest BCUT2D eigenvalue weighted by Crippen LogP contribution is 1.92. The van der Waals surface area contributed by atoms with E-state index < -0.39 is 29.0 Å². The Bertz CT molecular complexity index is 229. The first-order valence-electron chi connectivity index (χ1n) is 2.83. The molecule has 11 heavy (non-hydrogen) atoms. The Hall–Kier alpha value is -0.950. The molecule has 1 rings (SSSR count). The van der Waals surface area contributed by atoms with Gasteiger partial charge in [-0.2, -0.15) is 0 Å². The van der Waals surface area contributed by atoms with Gasteiger partial charge in [-0.3, -0.25) is 15.3 Å². The monoisotopic (exact) mass is 177 g/mol. The highest BCUT2D eigenvalue weighted by atomic mass is 32.2. The molecule has 1 aliphatic heterocycles. The molecule has 4 N–H and O–H groups in total. The van der Waals surface area contributed by atoms with Crippen molar-refractivity contribution in [1.29, 1.82) is 0 Å². The molecule has 1 fully saturated rings. The van der Waals surface area contributed by atoms with Crippen molar-refractivity contribution in [3.63, 3.8) is 0 Å². The molecule has 0 aromatic carbocycles. The van der Waals surface area contributed by atoms with Crippen LogP contribution in [0.4, 0.5) is 4.79 Å². The summed E-state index contributed by atoms with van der Waals surface area (Å²) in [5.41, 5.74) is 0. The lowest BCUT2D eigenvalue weighted by Gasteiger charge is -2.01. The second kappa shape index (κ2) is 2.97. The minimum Gasteiger partial charge on any atom is -0.325 e. The van der Waals surface area contributed by atoms with Crippen LogP contribution in [-0.2, 0) is 15.8 Å². The Morgan fingerprint density at radius 1 is 1.55 bits per heavy atom. The summed E-state index contributed by atoms with van der Waals surface area (Å²) in [6, 6.07) is -1.31. The van der Waals surface area contributed by atoms with Crippen LogP contribution in [0.3, 0.4) is 0 Å². The van der Waals surface area contributed by atoms with Crippen molar-refractivity contribution in [3.8, 4) is 0 Å². The van der Waals surface area contributed by atoms with E-state index in [9.17, 15) is 13.8 Å². The van der Waals surface area contributed by atoms with E-state index in [1.54, 1.807) is 0 Å². The molecule has 3 amide bonds. The maximum absolute atomic E-state index is 10.7. The van der Waals surface area contributed by atoms with Crippen molar-refractivity contribution in [2.45, 2.75) is 6.04 Å². The van der Waals surface area contributed by atoms with E-state index in [0.29, 0.717) is 0 Å². The number of urea groups is 1. The van der Waals surface area contributed by atoms with Crippen molar-refractivity contribution >= 4 is 22.9 Å². The number of nitrogens with one attached hydrogen (secondary N) is 2. The van der Waals surface area contributed by atoms with Gasteiger partial charge < -0.3 is 5.32 Å². The molecule has 6 nitrogen and oxygen atoms in total. The van der Waals surface area contributed by atoms with Gasteiger partial charge in [0.1, 0.15) is 6.04 Å². The molecule has 0 aliphatic carbocycles. The first-order chi connectivity index (χ1) is 5.09. The Kier molecular flexibility index (Phi) is 2.20. The predicted octanol–water partition coefficient (Wildman–Crippen LogP) is -2.18. The summed E-state index contributed by atoms with van der Waals surface area (Å²) in [5, 5.41) is 9.18. The van der Waals surface area contributed by atoms with Crippen LogP contribution in [0.25, 0.3) is 0 Å². The SMILES string of the molecule is NS(=O)C[C@@H]1NC(=O)NC1=O. The van der Waals surface area contributed by atoms with Gasteiger partial charge in [0, 0.05) is 0 Å². The molecule has 0 radical (unpaired) electrons. The third-order valence-corrected chi connectivity index (χ3v) is 1.85. The van der Waals surface area contributed by atoms with Crippen molar-refractivity contribution in [2.24, 2.45) is 5.14 Å². The molecule has 0 spiro atoms. The molecular weight excluding hydrogens is 170 g/mol. The summed E-state index contributed by atoms with van der Waals surface area (Å²) in [7, 11) is -1.57. The van der Waals surface area contributed by atoms with E-state index in [0.717, 1.165) is 0 Å². The maximum Gasteiger partial charge on any atom is 0.322 e. The second-order valence-electron chi connectivity index (χ2n) is 2.06. The number of amides is 3. The summed E-state index contributed by atoms with van der Waals surface area (Å²) in [6.45, 7) is 0. The van der Waals surface area contributed by atoms with Gasteiger partial charge in [-0.25, -0.2) is 9.00 Å². The van der Waals surface area contributed by atoms with Crippen LogP contribution in [0.2, 0.25) is 0 Å². The number of hydrogen-bond acceptors (Lipinski definition) is 3. The molecule has 1 unspecified atom stereocenters. The van der Waals surface area contributed by atoms with Gasteiger partial charge in [0.2, 0.25) is 0 Å². The first-order valence-corrected chi connectivity index (χ1v) is 4.22.